The van der Waals surface area contributed by atoms with Crippen molar-refractivity contribution in [2.24, 2.45) is 5.73 Å². The molecule has 2 aromatic carbocycles. The summed E-state index contributed by atoms with van der Waals surface area (Å²) in [7, 11) is 3.21. The normalized spacial score (nSPS) is 11.0. The van der Waals surface area contributed by atoms with Gasteiger partial charge in [0.2, 0.25) is 5.82 Å². The van der Waals surface area contributed by atoms with Crippen LogP contribution in [0.25, 0.3) is 33.8 Å². The van der Waals surface area contributed by atoms with Gasteiger partial charge in [0, 0.05) is 11.1 Å². The van der Waals surface area contributed by atoms with Gasteiger partial charge in [0.1, 0.15) is 6.33 Å². The second kappa shape index (κ2) is 8.32. The highest BCUT2D eigenvalue weighted by molar-refractivity contribution is 5.88. The van der Waals surface area contributed by atoms with E-state index in [4.69, 9.17) is 20.3 Å². The molecule has 0 aliphatic heterocycles. The minimum Gasteiger partial charge on any atom is -0.493 e. The molecule has 5 rings (SSSR count). The van der Waals surface area contributed by atoms with Gasteiger partial charge in [-0.05, 0) is 49.4 Å². The number of hydrogen-bond acceptors (Lipinski definition) is 7. The topological polar surface area (TPSA) is 122 Å². The van der Waals surface area contributed by atoms with Gasteiger partial charge in [0.25, 0.3) is 5.91 Å². The van der Waals surface area contributed by atoms with E-state index in [-0.39, 0.29) is 5.82 Å². The first-order valence-electron chi connectivity index (χ1n) is 10.4. The van der Waals surface area contributed by atoms with Gasteiger partial charge < -0.3 is 15.2 Å². The zero-order valence-electron chi connectivity index (χ0n) is 18.8. The van der Waals surface area contributed by atoms with Crippen LogP contribution < -0.4 is 15.2 Å². The zero-order chi connectivity index (χ0) is 23.8. The van der Waals surface area contributed by atoms with Crippen molar-refractivity contribution in [3.63, 3.8) is 0 Å². The smallest absolute Gasteiger partial charge is 0.288 e. The number of primary amides is 1. The summed E-state index contributed by atoms with van der Waals surface area (Å²) in [6, 6.07) is 17.2. The van der Waals surface area contributed by atoms with Crippen molar-refractivity contribution in [1.82, 2.24) is 29.4 Å². The summed E-state index contributed by atoms with van der Waals surface area (Å²) < 4.78 is 14.1. The first-order valence-corrected chi connectivity index (χ1v) is 10.4. The van der Waals surface area contributed by atoms with Gasteiger partial charge in [-0.1, -0.05) is 12.1 Å². The fraction of sp³-hybridized carbons (Fsp3) is 0.125. The summed E-state index contributed by atoms with van der Waals surface area (Å²) in [6.07, 6.45) is 1.45. The van der Waals surface area contributed by atoms with Crippen molar-refractivity contribution in [2.75, 3.05) is 14.2 Å². The third-order valence-electron chi connectivity index (χ3n) is 5.45. The van der Waals surface area contributed by atoms with Crippen molar-refractivity contribution in [3.8, 4) is 39.7 Å². The number of ether oxygens (including phenoxy) is 2. The van der Waals surface area contributed by atoms with E-state index in [2.05, 4.69) is 15.1 Å². The lowest BCUT2D eigenvalue weighted by Crippen LogP contribution is -2.13. The Morgan fingerprint density at radius 2 is 1.65 bits per heavy atom. The number of carbonyl (C=O) groups excluding carboxylic acids is 1. The SMILES string of the molecule is COc1ccc(-c2ccc3nc(C)c(-c4ccc(-n5cnc(C(N)=O)n5)cc4)n3n2)cc1OC. The van der Waals surface area contributed by atoms with Crippen LogP contribution in [-0.2, 0) is 0 Å². The fourth-order valence-corrected chi connectivity index (χ4v) is 3.80. The predicted molar refractivity (Wildman–Crippen MR) is 125 cm³/mol. The number of rotatable bonds is 6. The molecule has 0 spiro atoms. The van der Waals surface area contributed by atoms with Crippen LogP contribution in [0.2, 0.25) is 0 Å². The average Bonchev–Trinajstić information content (AvgIpc) is 3.48. The third-order valence-corrected chi connectivity index (χ3v) is 5.45. The van der Waals surface area contributed by atoms with Crippen molar-refractivity contribution in [2.45, 2.75) is 6.92 Å². The number of nitrogens with zero attached hydrogens (tertiary/aromatic N) is 6. The maximum Gasteiger partial charge on any atom is 0.288 e. The summed E-state index contributed by atoms with van der Waals surface area (Å²) in [6.45, 7) is 1.95. The van der Waals surface area contributed by atoms with E-state index in [9.17, 15) is 4.79 Å². The average molecular weight is 455 g/mol. The molecule has 10 heteroatoms. The van der Waals surface area contributed by atoms with E-state index < -0.39 is 5.91 Å². The molecule has 0 radical (unpaired) electrons. The van der Waals surface area contributed by atoms with Gasteiger partial charge in [0.05, 0.1) is 37.0 Å². The van der Waals surface area contributed by atoms with Crippen LogP contribution in [0.5, 0.6) is 11.5 Å². The molecule has 2 N–H and O–H groups in total. The molecule has 0 saturated carbocycles. The standard InChI is InChI=1S/C24H21N7O3/c1-14-22(15-4-7-17(8-5-15)30-13-26-24(29-30)23(25)32)31-21(27-14)11-9-18(28-31)16-6-10-19(33-2)20(12-16)34-3/h4-13H,1-3H3,(H2,25,32). The highest BCUT2D eigenvalue weighted by Crippen LogP contribution is 2.32. The van der Waals surface area contributed by atoms with E-state index in [1.165, 1.54) is 11.0 Å². The number of methoxy groups -OCH3 is 2. The van der Waals surface area contributed by atoms with Crippen LogP contribution in [0.4, 0.5) is 0 Å². The Hall–Kier alpha value is -4.73. The summed E-state index contributed by atoms with van der Waals surface area (Å²) in [5, 5.41) is 8.95. The number of aryl methyl sites for hydroxylation is 1. The molecule has 3 aromatic heterocycles. The summed E-state index contributed by atoms with van der Waals surface area (Å²) >= 11 is 0. The van der Waals surface area contributed by atoms with Gasteiger partial charge in [-0.15, -0.1) is 5.10 Å². The second-order valence-corrected chi connectivity index (χ2v) is 7.53. The molecule has 5 aromatic rings. The molecule has 170 valence electrons. The maximum absolute atomic E-state index is 11.3. The Morgan fingerprint density at radius 3 is 2.32 bits per heavy atom. The fourth-order valence-electron chi connectivity index (χ4n) is 3.80. The molecule has 1 amide bonds. The first-order chi connectivity index (χ1) is 16.5. The number of nitrogens with two attached hydrogens (primary N) is 1. The van der Waals surface area contributed by atoms with Crippen molar-refractivity contribution >= 4 is 11.6 Å². The molecule has 0 atom stereocenters. The van der Waals surface area contributed by atoms with E-state index in [0.29, 0.717) is 11.5 Å². The molecule has 0 bridgehead atoms. The lowest BCUT2D eigenvalue weighted by molar-refractivity contribution is 0.0990. The van der Waals surface area contributed by atoms with Crippen LogP contribution >= 0.6 is 0 Å². The summed E-state index contributed by atoms with van der Waals surface area (Å²) in [5.74, 6) is 0.579. The zero-order valence-corrected chi connectivity index (χ0v) is 18.8. The molecule has 0 aliphatic carbocycles. The second-order valence-electron chi connectivity index (χ2n) is 7.53. The number of carbonyl (C=O) groups is 1. The number of aromatic nitrogens is 6. The summed E-state index contributed by atoms with van der Waals surface area (Å²) in [5.41, 5.74) is 11.0. The maximum atomic E-state index is 11.3. The Bertz CT molecular complexity index is 1520. The molecule has 10 nitrogen and oxygen atoms in total. The van der Waals surface area contributed by atoms with Crippen LogP contribution in [0.1, 0.15) is 16.3 Å². The summed E-state index contributed by atoms with van der Waals surface area (Å²) in [4.78, 5) is 19.9. The molecular formula is C24H21N7O3. The third kappa shape index (κ3) is 3.60. The molecular weight excluding hydrogens is 434 g/mol. The molecule has 0 unspecified atom stereocenters. The highest BCUT2D eigenvalue weighted by Gasteiger charge is 2.15. The lowest BCUT2D eigenvalue weighted by Gasteiger charge is -2.10. The number of hydrogen-bond donors (Lipinski definition) is 1. The van der Waals surface area contributed by atoms with Crippen molar-refractivity contribution in [3.05, 3.63) is 72.4 Å². The largest absolute Gasteiger partial charge is 0.493 e. The van der Waals surface area contributed by atoms with Crippen LogP contribution in [0, 0.1) is 6.92 Å². The molecule has 0 fully saturated rings. The number of imidazole rings is 1. The Morgan fingerprint density at radius 1 is 0.912 bits per heavy atom. The van der Waals surface area contributed by atoms with Crippen molar-refractivity contribution < 1.29 is 14.3 Å². The predicted octanol–water partition coefficient (Wildman–Crippen LogP) is 3.07. The van der Waals surface area contributed by atoms with E-state index in [1.54, 1.807) is 14.2 Å². The molecule has 0 saturated heterocycles. The Labute approximate surface area is 194 Å². The van der Waals surface area contributed by atoms with Gasteiger partial charge in [-0.2, -0.15) is 5.10 Å². The lowest BCUT2D eigenvalue weighted by atomic mass is 10.1. The minimum absolute atomic E-state index is 0.0337. The quantitative estimate of drug-likeness (QED) is 0.417. The number of benzene rings is 2. The highest BCUT2D eigenvalue weighted by atomic mass is 16.5. The minimum atomic E-state index is -0.673. The monoisotopic (exact) mass is 455 g/mol. The first kappa shape index (κ1) is 21.1. The Balaban J connectivity index is 1.55. The molecule has 34 heavy (non-hydrogen) atoms. The van der Waals surface area contributed by atoms with Gasteiger partial charge in [-0.25, -0.2) is 19.2 Å². The van der Waals surface area contributed by atoms with E-state index in [1.807, 2.05) is 66.0 Å². The molecule has 3 heterocycles. The van der Waals surface area contributed by atoms with E-state index >= 15 is 0 Å². The van der Waals surface area contributed by atoms with Gasteiger partial charge >= 0.3 is 0 Å². The number of amides is 1. The van der Waals surface area contributed by atoms with Crippen LogP contribution in [0.15, 0.2) is 60.9 Å². The van der Waals surface area contributed by atoms with Crippen LogP contribution in [0.3, 0.4) is 0 Å². The number of fused-ring (bicyclic) bond motifs is 1. The Kier molecular flexibility index (Phi) is 5.17. The van der Waals surface area contributed by atoms with E-state index in [0.717, 1.165) is 39.5 Å². The van der Waals surface area contributed by atoms with Gasteiger partial charge in [-0.3, -0.25) is 4.79 Å². The van der Waals surface area contributed by atoms with Crippen LogP contribution in [-0.4, -0.2) is 49.5 Å². The van der Waals surface area contributed by atoms with Gasteiger partial charge in [0.15, 0.2) is 17.1 Å². The van der Waals surface area contributed by atoms with Crippen molar-refractivity contribution in [1.29, 1.82) is 0 Å². The molecule has 0 aliphatic rings.